The van der Waals surface area contributed by atoms with E-state index in [9.17, 15) is 18.0 Å². The molecular formula is C27H39F3N4O3. The molecule has 7 nitrogen and oxygen atoms in total. The number of carbonyl (C=O) groups excluding carboxylic acids is 1. The van der Waals surface area contributed by atoms with Crippen molar-refractivity contribution in [3.8, 4) is 0 Å². The van der Waals surface area contributed by atoms with Crippen molar-refractivity contribution < 1.29 is 27.2 Å². The molecule has 206 valence electrons. The smallest absolute Gasteiger partial charge is 0.381 e. The fraction of sp³-hybridized carbons (Fsp3) is 0.889. The Morgan fingerprint density at radius 2 is 1.76 bits per heavy atom. The van der Waals surface area contributed by atoms with Gasteiger partial charge in [0.25, 0.3) is 0 Å². The minimum absolute atomic E-state index is 0.00779. The molecule has 5 aliphatic rings. The molecule has 3 saturated heterocycles. The van der Waals surface area contributed by atoms with E-state index in [0.717, 1.165) is 51.3 Å². The Hall–Kier alpha value is -1.68. The van der Waals surface area contributed by atoms with Crippen LogP contribution in [0.1, 0.15) is 101 Å². The number of hydrogen-bond donors (Lipinski definition) is 1. The largest absolute Gasteiger partial charge is 0.403 e. The first kappa shape index (κ1) is 25.6. The molecule has 3 unspecified atom stereocenters. The molecular weight excluding hydrogens is 485 g/mol. The Bertz CT molecular complexity index is 956. The lowest BCUT2D eigenvalue weighted by Gasteiger charge is -2.47. The van der Waals surface area contributed by atoms with E-state index in [4.69, 9.17) is 14.2 Å². The van der Waals surface area contributed by atoms with Crippen LogP contribution in [0.3, 0.4) is 0 Å². The summed E-state index contributed by atoms with van der Waals surface area (Å²) in [6, 6.07) is 0.384. The predicted molar refractivity (Wildman–Crippen MR) is 129 cm³/mol. The zero-order valence-corrected chi connectivity index (χ0v) is 21.5. The summed E-state index contributed by atoms with van der Waals surface area (Å²) in [6.45, 7) is 3.23. The van der Waals surface area contributed by atoms with Crippen LogP contribution < -0.4 is 5.32 Å². The van der Waals surface area contributed by atoms with Gasteiger partial charge in [0.2, 0.25) is 11.8 Å². The zero-order valence-electron chi connectivity index (χ0n) is 21.5. The molecule has 0 radical (unpaired) electrons. The molecule has 0 aromatic carbocycles. The fourth-order valence-electron chi connectivity index (χ4n) is 7.54. The Morgan fingerprint density at radius 3 is 2.38 bits per heavy atom. The van der Waals surface area contributed by atoms with E-state index in [1.54, 1.807) is 0 Å². The van der Waals surface area contributed by atoms with Gasteiger partial charge in [0.05, 0.1) is 6.61 Å². The van der Waals surface area contributed by atoms with E-state index < -0.39 is 17.5 Å². The average Bonchev–Trinajstić information content (AvgIpc) is 3.38. The number of nitrogens with one attached hydrogen (secondary N) is 1. The average molecular weight is 525 g/mol. The lowest BCUT2D eigenvalue weighted by atomic mass is 9.64. The van der Waals surface area contributed by atoms with Crippen molar-refractivity contribution in [1.82, 2.24) is 20.4 Å². The van der Waals surface area contributed by atoms with E-state index in [2.05, 4.69) is 10.5 Å². The Morgan fingerprint density at radius 1 is 1.03 bits per heavy atom. The lowest BCUT2D eigenvalue weighted by Crippen LogP contribution is -2.53. The molecule has 1 aromatic heterocycles. The first-order chi connectivity index (χ1) is 17.8. The number of carbonyl (C=O) groups is 1. The van der Waals surface area contributed by atoms with Gasteiger partial charge in [-0.05, 0) is 62.7 Å². The molecule has 10 heteroatoms. The number of nitrogens with zero attached hydrogens (tertiary/aromatic N) is 3. The van der Waals surface area contributed by atoms with Crippen molar-refractivity contribution in [2.45, 2.75) is 101 Å². The third-order valence-corrected chi connectivity index (χ3v) is 10.2. The lowest BCUT2D eigenvalue weighted by molar-refractivity contribution is -0.199. The van der Waals surface area contributed by atoms with Crippen LogP contribution >= 0.6 is 0 Å². The van der Waals surface area contributed by atoms with Gasteiger partial charge >= 0.3 is 6.18 Å². The number of hydrogen-bond acceptors (Lipinski definition) is 6. The second-order valence-electron chi connectivity index (χ2n) is 12.3. The highest BCUT2D eigenvalue weighted by atomic mass is 19.4. The Labute approximate surface area is 216 Å². The first-order valence-electron chi connectivity index (χ1n) is 14.3. The molecule has 2 aliphatic carbocycles. The van der Waals surface area contributed by atoms with Crippen LogP contribution in [0.2, 0.25) is 0 Å². The molecule has 1 amide bonds. The van der Waals surface area contributed by atoms with Crippen LogP contribution in [-0.4, -0.2) is 66.0 Å². The van der Waals surface area contributed by atoms with Crippen molar-refractivity contribution in [2.24, 2.45) is 16.7 Å². The number of amides is 1. The number of alkyl halides is 3. The quantitative estimate of drug-likeness (QED) is 0.601. The van der Waals surface area contributed by atoms with Crippen LogP contribution in [-0.2, 0) is 9.53 Å². The SMILES string of the molecule is O=C(N1CCC(c2noc(C3CC(C4CCOC4)NCC34CCCCCC4)n2)CC1)C1(C(F)(F)F)CC1. The highest BCUT2D eigenvalue weighted by Crippen LogP contribution is 2.59. The van der Waals surface area contributed by atoms with E-state index in [1.807, 2.05) is 0 Å². The van der Waals surface area contributed by atoms with Crippen molar-refractivity contribution in [3.05, 3.63) is 11.7 Å². The number of rotatable bonds is 4. The highest BCUT2D eigenvalue weighted by molar-refractivity contribution is 5.86. The van der Waals surface area contributed by atoms with Crippen LogP contribution in [0.25, 0.3) is 0 Å². The van der Waals surface area contributed by atoms with Crippen molar-refractivity contribution in [1.29, 1.82) is 0 Å². The number of aromatic nitrogens is 2. The molecule has 5 fully saturated rings. The summed E-state index contributed by atoms with van der Waals surface area (Å²) in [5, 5.41) is 8.27. The summed E-state index contributed by atoms with van der Waals surface area (Å²) in [5.74, 6) is 1.37. The molecule has 3 atom stereocenters. The van der Waals surface area contributed by atoms with Crippen molar-refractivity contribution in [2.75, 3.05) is 32.8 Å². The fourth-order valence-corrected chi connectivity index (χ4v) is 7.54. The van der Waals surface area contributed by atoms with Gasteiger partial charge in [-0.3, -0.25) is 4.79 Å². The zero-order chi connectivity index (χ0) is 25.7. The predicted octanol–water partition coefficient (Wildman–Crippen LogP) is 4.94. The third kappa shape index (κ3) is 4.70. The minimum Gasteiger partial charge on any atom is -0.381 e. The molecule has 1 N–H and O–H groups in total. The van der Waals surface area contributed by atoms with Gasteiger partial charge in [0.1, 0.15) is 5.41 Å². The standard InChI is InChI=1S/C27H39F3N4O3/c28-27(29,30)26(10-11-26)24(35)34-12-5-18(6-13-34)22-32-23(37-33-22)20-15-21(19-7-14-36-16-19)31-17-25(20)8-3-1-2-4-9-25/h18-21,31H,1-17H2. The van der Waals surface area contributed by atoms with Gasteiger partial charge in [0.15, 0.2) is 5.82 Å². The molecule has 2 saturated carbocycles. The summed E-state index contributed by atoms with van der Waals surface area (Å²) >= 11 is 0. The first-order valence-corrected chi connectivity index (χ1v) is 14.3. The van der Waals surface area contributed by atoms with E-state index >= 15 is 0 Å². The number of likely N-dealkylation sites (tertiary alicyclic amines) is 1. The summed E-state index contributed by atoms with van der Waals surface area (Å²) in [5.41, 5.74) is -2.01. The molecule has 3 aliphatic heterocycles. The molecule has 4 heterocycles. The van der Waals surface area contributed by atoms with Crippen LogP contribution in [0.4, 0.5) is 13.2 Å². The van der Waals surface area contributed by atoms with Gasteiger partial charge in [-0.1, -0.05) is 30.8 Å². The summed E-state index contributed by atoms with van der Waals surface area (Å²) in [7, 11) is 0. The minimum atomic E-state index is -4.46. The second kappa shape index (κ2) is 9.81. The summed E-state index contributed by atoms with van der Waals surface area (Å²) in [4.78, 5) is 19.0. The van der Waals surface area contributed by atoms with E-state index in [0.29, 0.717) is 43.7 Å². The number of ether oxygens (including phenoxy) is 1. The summed E-state index contributed by atoms with van der Waals surface area (Å²) < 4.78 is 52.0. The highest BCUT2D eigenvalue weighted by Gasteiger charge is 2.69. The molecule has 1 aromatic rings. The Balaban J connectivity index is 1.15. The maximum absolute atomic E-state index is 13.4. The van der Waals surface area contributed by atoms with Crippen molar-refractivity contribution in [3.63, 3.8) is 0 Å². The van der Waals surface area contributed by atoms with E-state index in [1.165, 1.54) is 30.6 Å². The topological polar surface area (TPSA) is 80.5 Å². The number of piperidine rings is 2. The second-order valence-corrected chi connectivity index (χ2v) is 12.3. The maximum Gasteiger partial charge on any atom is 0.403 e. The maximum atomic E-state index is 13.4. The Kier molecular flexibility index (Phi) is 6.79. The molecule has 6 rings (SSSR count). The molecule has 1 spiro atoms. The van der Waals surface area contributed by atoms with Gasteiger partial charge in [-0.25, -0.2) is 0 Å². The van der Waals surface area contributed by atoms with Gasteiger partial charge in [-0.15, -0.1) is 0 Å². The van der Waals surface area contributed by atoms with Crippen LogP contribution in [0, 0.1) is 16.7 Å². The third-order valence-electron chi connectivity index (χ3n) is 10.2. The van der Waals surface area contributed by atoms with Gasteiger partial charge in [0, 0.05) is 44.1 Å². The van der Waals surface area contributed by atoms with Crippen molar-refractivity contribution >= 4 is 5.91 Å². The van der Waals surface area contributed by atoms with Gasteiger partial charge in [-0.2, -0.15) is 18.2 Å². The van der Waals surface area contributed by atoms with Crippen LogP contribution in [0.5, 0.6) is 0 Å². The summed E-state index contributed by atoms with van der Waals surface area (Å²) in [6.07, 6.45) is 5.88. The number of halogens is 3. The van der Waals surface area contributed by atoms with E-state index in [-0.39, 0.29) is 30.1 Å². The molecule has 0 bridgehead atoms. The monoisotopic (exact) mass is 524 g/mol. The normalized spacial score (nSPS) is 32.4. The van der Waals surface area contributed by atoms with Crippen LogP contribution in [0.15, 0.2) is 4.52 Å². The molecule has 37 heavy (non-hydrogen) atoms. The van der Waals surface area contributed by atoms with Gasteiger partial charge < -0.3 is 19.5 Å².